The minimum absolute atomic E-state index is 0.142. The van der Waals surface area contributed by atoms with E-state index < -0.39 is 0 Å². The number of carbonyl (C=O) groups excluding carboxylic acids is 1. The molecule has 2 aliphatic heterocycles. The van der Waals surface area contributed by atoms with Gasteiger partial charge in [0, 0.05) is 19.6 Å². The highest BCUT2D eigenvalue weighted by Crippen LogP contribution is 2.26. The minimum atomic E-state index is 0.142. The first kappa shape index (κ1) is 18.5. The number of hydrogen-bond acceptors (Lipinski definition) is 4. The molecule has 0 saturated carbocycles. The van der Waals surface area contributed by atoms with Crippen LogP contribution in [0.2, 0.25) is 0 Å². The molecule has 2 aromatic rings. The molecule has 1 aromatic heterocycles. The fourth-order valence-electron chi connectivity index (χ4n) is 4.01. The van der Waals surface area contributed by atoms with E-state index in [-0.39, 0.29) is 5.91 Å². The van der Waals surface area contributed by atoms with Gasteiger partial charge in [-0.3, -0.25) is 4.79 Å². The topological polar surface area (TPSA) is 32.8 Å². The first-order valence-electron chi connectivity index (χ1n) is 10.1. The second kappa shape index (κ2) is 8.89. The number of thiophene rings is 1. The van der Waals surface area contributed by atoms with E-state index in [9.17, 15) is 4.79 Å². The lowest BCUT2D eigenvalue weighted by Crippen LogP contribution is -2.35. The number of ether oxygens (including phenoxy) is 1. The Morgan fingerprint density at radius 2 is 1.96 bits per heavy atom. The highest BCUT2D eigenvalue weighted by molar-refractivity contribution is 7.12. The lowest BCUT2D eigenvalue weighted by molar-refractivity contribution is 0.0739. The molecule has 1 fully saturated rings. The number of nitrogens with zero attached hydrogens (tertiary/aromatic N) is 2. The van der Waals surface area contributed by atoms with Crippen LogP contribution in [0.3, 0.4) is 0 Å². The highest BCUT2D eigenvalue weighted by atomic mass is 32.1. The largest absolute Gasteiger partial charge is 0.494 e. The number of amides is 1. The van der Waals surface area contributed by atoms with Crippen LogP contribution in [0.5, 0.6) is 5.75 Å². The van der Waals surface area contributed by atoms with Crippen molar-refractivity contribution in [2.45, 2.75) is 38.6 Å². The summed E-state index contributed by atoms with van der Waals surface area (Å²) in [6.07, 6.45) is 6.05. The second-order valence-electron chi connectivity index (χ2n) is 7.49. The Labute approximate surface area is 165 Å². The quantitative estimate of drug-likeness (QED) is 0.700. The molecular weight excluding hydrogens is 356 g/mol. The van der Waals surface area contributed by atoms with Crippen molar-refractivity contribution in [2.75, 3.05) is 32.8 Å². The number of likely N-dealkylation sites (tertiary alicyclic amines) is 1. The predicted molar refractivity (Wildman–Crippen MR) is 110 cm³/mol. The summed E-state index contributed by atoms with van der Waals surface area (Å²) in [6, 6.07) is 10.2. The molecule has 0 aliphatic carbocycles. The Hall–Kier alpha value is -1.85. The minimum Gasteiger partial charge on any atom is -0.494 e. The van der Waals surface area contributed by atoms with Gasteiger partial charge in [-0.05, 0) is 73.5 Å². The van der Waals surface area contributed by atoms with Gasteiger partial charge < -0.3 is 14.5 Å². The zero-order valence-corrected chi connectivity index (χ0v) is 16.7. The van der Waals surface area contributed by atoms with E-state index in [1.165, 1.54) is 54.8 Å². The molecule has 0 unspecified atom stereocenters. The molecule has 2 aliphatic rings. The Balaban J connectivity index is 1.30. The van der Waals surface area contributed by atoms with Crippen molar-refractivity contribution < 1.29 is 9.53 Å². The van der Waals surface area contributed by atoms with Crippen molar-refractivity contribution in [2.24, 2.45) is 0 Å². The SMILES string of the molecule is O=C(c1cccs1)N1CCc2ccc(OCCCN3CCCCC3)cc2C1. The Morgan fingerprint density at radius 3 is 2.78 bits per heavy atom. The summed E-state index contributed by atoms with van der Waals surface area (Å²) in [5.41, 5.74) is 2.56. The molecule has 0 bridgehead atoms. The molecule has 1 saturated heterocycles. The van der Waals surface area contributed by atoms with Gasteiger partial charge in [0.2, 0.25) is 0 Å². The Bertz CT molecular complexity index is 754. The number of hydrogen-bond donors (Lipinski definition) is 0. The van der Waals surface area contributed by atoms with Crippen molar-refractivity contribution in [3.63, 3.8) is 0 Å². The first-order chi connectivity index (χ1) is 13.3. The van der Waals surface area contributed by atoms with Crippen molar-refractivity contribution in [1.29, 1.82) is 0 Å². The zero-order valence-electron chi connectivity index (χ0n) is 15.9. The van der Waals surface area contributed by atoms with Gasteiger partial charge in [-0.25, -0.2) is 0 Å². The van der Waals surface area contributed by atoms with Gasteiger partial charge in [-0.2, -0.15) is 0 Å². The van der Waals surface area contributed by atoms with Crippen LogP contribution in [-0.2, 0) is 13.0 Å². The summed E-state index contributed by atoms with van der Waals surface area (Å²) < 4.78 is 6.00. The number of benzene rings is 1. The zero-order chi connectivity index (χ0) is 18.5. The van der Waals surface area contributed by atoms with Crippen LogP contribution in [0.1, 0.15) is 46.5 Å². The smallest absolute Gasteiger partial charge is 0.264 e. The summed E-state index contributed by atoms with van der Waals surface area (Å²) in [4.78, 5) is 17.9. The van der Waals surface area contributed by atoms with Gasteiger partial charge in [0.25, 0.3) is 5.91 Å². The second-order valence-corrected chi connectivity index (χ2v) is 8.44. The summed E-state index contributed by atoms with van der Waals surface area (Å²) in [7, 11) is 0. The van der Waals surface area contributed by atoms with Crippen LogP contribution < -0.4 is 4.74 Å². The van der Waals surface area contributed by atoms with Crippen LogP contribution in [0, 0.1) is 0 Å². The van der Waals surface area contributed by atoms with E-state index >= 15 is 0 Å². The number of carbonyl (C=O) groups is 1. The van der Waals surface area contributed by atoms with E-state index in [0.717, 1.165) is 43.2 Å². The third kappa shape index (κ3) is 4.71. The molecular formula is C22H28N2O2S. The number of rotatable bonds is 6. The standard InChI is InChI=1S/C22H28N2O2S/c25-22(21-6-4-15-27-21)24-13-9-18-7-8-20(16-19(18)17-24)26-14-5-12-23-10-2-1-3-11-23/h4,6-8,15-16H,1-3,5,9-14,17H2. The monoisotopic (exact) mass is 384 g/mol. The van der Waals surface area contributed by atoms with Crippen LogP contribution >= 0.6 is 11.3 Å². The van der Waals surface area contributed by atoms with Gasteiger partial charge in [-0.1, -0.05) is 18.6 Å². The normalized spacial score (nSPS) is 17.6. The average molecular weight is 385 g/mol. The van der Waals surface area contributed by atoms with Crippen LogP contribution in [0.15, 0.2) is 35.7 Å². The van der Waals surface area contributed by atoms with Crippen molar-refractivity contribution in [3.8, 4) is 5.75 Å². The molecule has 4 nitrogen and oxygen atoms in total. The molecule has 0 atom stereocenters. The molecule has 0 N–H and O–H groups in total. The molecule has 144 valence electrons. The van der Waals surface area contributed by atoms with Crippen LogP contribution in [0.4, 0.5) is 0 Å². The Kier molecular flexibility index (Phi) is 6.10. The van der Waals surface area contributed by atoms with Crippen LogP contribution in [0.25, 0.3) is 0 Å². The fourth-order valence-corrected chi connectivity index (χ4v) is 4.70. The molecule has 3 heterocycles. The number of fused-ring (bicyclic) bond motifs is 1. The van der Waals surface area contributed by atoms with E-state index in [2.05, 4.69) is 23.1 Å². The van der Waals surface area contributed by atoms with E-state index in [4.69, 9.17) is 4.74 Å². The molecule has 4 rings (SSSR count). The molecule has 27 heavy (non-hydrogen) atoms. The molecule has 5 heteroatoms. The van der Waals surface area contributed by atoms with Gasteiger partial charge in [0.15, 0.2) is 0 Å². The summed E-state index contributed by atoms with van der Waals surface area (Å²) >= 11 is 1.51. The molecule has 0 spiro atoms. The molecule has 1 amide bonds. The molecule has 0 radical (unpaired) electrons. The molecule has 1 aromatic carbocycles. The highest BCUT2D eigenvalue weighted by Gasteiger charge is 2.22. The summed E-state index contributed by atoms with van der Waals surface area (Å²) in [5.74, 6) is 1.07. The van der Waals surface area contributed by atoms with Gasteiger partial charge in [-0.15, -0.1) is 11.3 Å². The third-order valence-corrected chi connectivity index (χ3v) is 6.40. The fraction of sp³-hybridized carbons (Fsp3) is 0.500. The van der Waals surface area contributed by atoms with E-state index in [1.54, 1.807) is 0 Å². The van der Waals surface area contributed by atoms with E-state index in [0.29, 0.717) is 6.54 Å². The van der Waals surface area contributed by atoms with Gasteiger partial charge >= 0.3 is 0 Å². The predicted octanol–water partition coefficient (Wildman–Crippen LogP) is 4.20. The van der Waals surface area contributed by atoms with Gasteiger partial charge in [0.05, 0.1) is 11.5 Å². The number of piperidine rings is 1. The summed E-state index contributed by atoms with van der Waals surface area (Å²) in [5, 5.41) is 1.96. The summed E-state index contributed by atoms with van der Waals surface area (Å²) in [6.45, 7) is 5.85. The van der Waals surface area contributed by atoms with Crippen molar-refractivity contribution in [3.05, 3.63) is 51.7 Å². The lowest BCUT2D eigenvalue weighted by atomic mass is 9.99. The maximum Gasteiger partial charge on any atom is 0.264 e. The lowest BCUT2D eigenvalue weighted by Gasteiger charge is -2.29. The average Bonchev–Trinajstić information content (AvgIpc) is 3.26. The van der Waals surface area contributed by atoms with Crippen LogP contribution in [-0.4, -0.2) is 48.5 Å². The first-order valence-corrected chi connectivity index (χ1v) is 11.0. The van der Waals surface area contributed by atoms with Crippen molar-refractivity contribution >= 4 is 17.2 Å². The van der Waals surface area contributed by atoms with Crippen molar-refractivity contribution in [1.82, 2.24) is 9.80 Å². The van der Waals surface area contributed by atoms with Gasteiger partial charge in [0.1, 0.15) is 5.75 Å². The Morgan fingerprint density at radius 1 is 1.07 bits per heavy atom. The van der Waals surface area contributed by atoms with E-state index in [1.807, 2.05) is 22.4 Å². The third-order valence-electron chi connectivity index (χ3n) is 5.55. The maximum absolute atomic E-state index is 12.6. The maximum atomic E-state index is 12.6.